The lowest BCUT2D eigenvalue weighted by molar-refractivity contribution is -0.121. The maximum absolute atomic E-state index is 12.2. The molecule has 0 aromatic carbocycles. The van der Waals surface area contributed by atoms with Gasteiger partial charge >= 0.3 is 0 Å². The highest BCUT2D eigenvalue weighted by molar-refractivity contribution is 5.84. The van der Waals surface area contributed by atoms with Crippen LogP contribution in [0.15, 0.2) is 12.2 Å². The third-order valence-corrected chi connectivity index (χ3v) is 5.19. The maximum atomic E-state index is 12.2. The molecule has 1 fully saturated rings. The molecule has 0 heterocycles. The second-order valence-electron chi connectivity index (χ2n) is 7.52. The molecule has 0 saturated heterocycles. The highest BCUT2D eigenvalue weighted by atomic mass is 16.3. The fraction of sp³-hybridized carbons (Fsp3) is 0.810. The van der Waals surface area contributed by atoms with Crippen molar-refractivity contribution in [2.24, 2.45) is 11.8 Å². The maximum Gasteiger partial charge on any atom is 0.139 e. The number of rotatable bonds is 13. The number of unbranched alkanes of at least 4 members (excludes halogenated alkanes) is 5. The minimum atomic E-state index is -0.616. The van der Waals surface area contributed by atoms with Gasteiger partial charge < -0.3 is 15.0 Å². The summed E-state index contributed by atoms with van der Waals surface area (Å²) in [6.07, 6.45) is 12.1. The number of ketones is 2. The fourth-order valence-electron chi connectivity index (χ4n) is 3.64. The number of hydrogen-bond acceptors (Lipinski definition) is 4. The van der Waals surface area contributed by atoms with Crippen LogP contribution in [0.4, 0.5) is 0 Å². The van der Waals surface area contributed by atoms with Crippen molar-refractivity contribution in [2.45, 2.75) is 96.7 Å². The van der Waals surface area contributed by atoms with Crippen LogP contribution in [0.25, 0.3) is 0 Å². The Labute approximate surface area is 152 Å². The van der Waals surface area contributed by atoms with Crippen LogP contribution in [0.2, 0.25) is 0 Å². The van der Waals surface area contributed by atoms with E-state index in [0.29, 0.717) is 6.42 Å². The van der Waals surface area contributed by atoms with Crippen molar-refractivity contribution in [1.29, 1.82) is 0 Å². The normalized spacial score (nSPS) is 25.0. The van der Waals surface area contributed by atoms with Crippen LogP contribution in [0, 0.1) is 11.8 Å². The molecule has 1 rings (SSSR count). The molecule has 2 N–H and O–H groups in total. The molecule has 4 heteroatoms. The van der Waals surface area contributed by atoms with Gasteiger partial charge in [-0.15, -0.1) is 0 Å². The highest BCUT2D eigenvalue weighted by Gasteiger charge is 2.39. The second-order valence-corrected chi connectivity index (χ2v) is 7.52. The Hall–Kier alpha value is -1.00. The van der Waals surface area contributed by atoms with E-state index >= 15 is 0 Å². The van der Waals surface area contributed by atoms with Crippen molar-refractivity contribution in [2.75, 3.05) is 0 Å². The number of Topliss-reactive ketones (excluding diaryl/α,β-unsaturated/α-hetero) is 2. The molecule has 0 radical (unpaired) electrons. The summed E-state index contributed by atoms with van der Waals surface area (Å²) in [6, 6.07) is 0. The Morgan fingerprint density at radius 1 is 1.20 bits per heavy atom. The molecular formula is C21H36O4. The van der Waals surface area contributed by atoms with Gasteiger partial charge in [0.1, 0.15) is 11.6 Å². The lowest BCUT2D eigenvalue weighted by atomic mass is 9.88. The fourth-order valence-corrected chi connectivity index (χ4v) is 3.64. The Morgan fingerprint density at radius 2 is 1.92 bits per heavy atom. The van der Waals surface area contributed by atoms with E-state index in [4.69, 9.17) is 0 Å². The van der Waals surface area contributed by atoms with E-state index in [-0.39, 0.29) is 29.8 Å². The average molecular weight is 353 g/mol. The molecule has 4 atom stereocenters. The smallest absolute Gasteiger partial charge is 0.139 e. The molecule has 1 aliphatic rings. The van der Waals surface area contributed by atoms with Crippen molar-refractivity contribution < 1.29 is 19.8 Å². The van der Waals surface area contributed by atoms with Gasteiger partial charge in [-0.05, 0) is 26.2 Å². The zero-order chi connectivity index (χ0) is 18.7. The summed E-state index contributed by atoms with van der Waals surface area (Å²) >= 11 is 0. The zero-order valence-corrected chi connectivity index (χ0v) is 16.0. The van der Waals surface area contributed by atoms with Gasteiger partial charge in [0.2, 0.25) is 0 Å². The molecule has 0 unspecified atom stereocenters. The number of aliphatic hydroxyl groups is 2. The molecular weight excluding hydrogens is 316 g/mol. The summed E-state index contributed by atoms with van der Waals surface area (Å²) < 4.78 is 0. The van der Waals surface area contributed by atoms with Gasteiger partial charge in [-0.25, -0.2) is 0 Å². The van der Waals surface area contributed by atoms with Gasteiger partial charge in [-0.1, -0.05) is 57.6 Å². The number of hydrogen-bond donors (Lipinski definition) is 2. The van der Waals surface area contributed by atoms with Crippen LogP contribution in [-0.4, -0.2) is 34.0 Å². The second kappa shape index (κ2) is 12.4. The molecule has 1 aliphatic carbocycles. The third-order valence-electron chi connectivity index (χ3n) is 5.19. The zero-order valence-electron chi connectivity index (χ0n) is 16.0. The van der Waals surface area contributed by atoms with Crippen LogP contribution in [0.1, 0.15) is 84.5 Å². The van der Waals surface area contributed by atoms with Crippen LogP contribution < -0.4 is 0 Å². The molecule has 1 saturated carbocycles. The summed E-state index contributed by atoms with van der Waals surface area (Å²) in [5.41, 5.74) is 0. The van der Waals surface area contributed by atoms with E-state index in [2.05, 4.69) is 6.92 Å². The standard InChI is InChI=1S/C21H36O4/c1-3-4-7-11-17(23)13-14-19-18(20(24)15-21(19)25)12-9-6-5-8-10-16(2)22/h13-14,17-19,21,23,25H,3-12,15H2,1-2H3/b14-13+/t17-,18+,19+,21+/m0/s1. The molecule has 0 bridgehead atoms. The third kappa shape index (κ3) is 8.77. The van der Waals surface area contributed by atoms with Gasteiger partial charge in [0, 0.05) is 24.7 Å². The average Bonchev–Trinajstić information content (AvgIpc) is 2.82. The van der Waals surface area contributed by atoms with Crippen LogP contribution in [0.3, 0.4) is 0 Å². The largest absolute Gasteiger partial charge is 0.392 e. The van der Waals surface area contributed by atoms with E-state index in [1.165, 1.54) is 0 Å². The van der Waals surface area contributed by atoms with Gasteiger partial charge in [-0.2, -0.15) is 0 Å². The topological polar surface area (TPSA) is 74.6 Å². The lowest BCUT2D eigenvalue weighted by Gasteiger charge is -2.18. The Bertz CT molecular complexity index is 430. The number of carbonyl (C=O) groups is 2. The quantitative estimate of drug-likeness (QED) is 0.388. The molecule has 0 aliphatic heterocycles. The first-order valence-corrected chi connectivity index (χ1v) is 10.0. The van der Waals surface area contributed by atoms with E-state index in [0.717, 1.165) is 57.8 Å². The molecule has 0 spiro atoms. The number of aliphatic hydroxyl groups excluding tert-OH is 2. The van der Waals surface area contributed by atoms with Gasteiger partial charge in [0.25, 0.3) is 0 Å². The first-order chi connectivity index (χ1) is 12.0. The predicted octanol–water partition coefficient (Wildman–Crippen LogP) is 3.98. The summed E-state index contributed by atoms with van der Waals surface area (Å²) in [6.45, 7) is 3.75. The van der Waals surface area contributed by atoms with Crippen molar-refractivity contribution >= 4 is 11.6 Å². The summed E-state index contributed by atoms with van der Waals surface area (Å²) in [5, 5.41) is 20.2. The Morgan fingerprint density at radius 3 is 2.60 bits per heavy atom. The lowest BCUT2D eigenvalue weighted by Crippen LogP contribution is -2.19. The molecule has 4 nitrogen and oxygen atoms in total. The predicted molar refractivity (Wildman–Crippen MR) is 100 cm³/mol. The highest BCUT2D eigenvalue weighted by Crippen LogP contribution is 2.34. The number of carbonyl (C=O) groups excluding carboxylic acids is 2. The molecule has 144 valence electrons. The minimum Gasteiger partial charge on any atom is -0.392 e. The Balaban J connectivity index is 2.39. The van der Waals surface area contributed by atoms with Crippen molar-refractivity contribution in [1.82, 2.24) is 0 Å². The van der Waals surface area contributed by atoms with Crippen molar-refractivity contribution in [3.63, 3.8) is 0 Å². The Kier molecular flexibility index (Phi) is 10.9. The van der Waals surface area contributed by atoms with E-state index in [1.54, 1.807) is 13.0 Å². The SMILES string of the molecule is CCCCC[C@H](O)/C=C/[C@H]1[C@H](O)CC(=O)[C@@H]1CCCCCCC(C)=O. The van der Waals surface area contributed by atoms with Crippen molar-refractivity contribution in [3.05, 3.63) is 12.2 Å². The van der Waals surface area contributed by atoms with Gasteiger partial charge in [0.15, 0.2) is 0 Å². The molecule has 25 heavy (non-hydrogen) atoms. The van der Waals surface area contributed by atoms with Gasteiger partial charge in [0.05, 0.1) is 12.2 Å². The summed E-state index contributed by atoms with van der Waals surface area (Å²) in [4.78, 5) is 23.1. The molecule has 0 aromatic rings. The van der Waals surface area contributed by atoms with E-state index in [1.807, 2.05) is 6.08 Å². The van der Waals surface area contributed by atoms with E-state index < -0.39 is 12.2 Å². The molecule has 0 aromatic heterocycles. The summed E-state index contributed by atoms with van der Waals surface area (Å²) in [7, 11) is 0. The first kappa shape index (κ1) is 22.0. The van der Waals surface area contributed by atoms with Crippen LogP contribution in [-0.2, 0) is 9.59 Å². The van der Waals surface area contributed by atoms with Crippen molar-refractivity contribution in [3.8, 4) is 0 Å². The van der Waals surface area contributed by atoms with Gasteiger partial charge in [-0.3, -0.25) is 4.79 Å². The van der Waals surface area contributed by atoms with E-state index in [9.17, 15) is 19.8 Å². The monoisotopic (exact) mass is 352 g/mol. The summed E-state index contributed by atoms with van der Waals surface area (Å²) in [5.74, 6) is 0.0931. The van der Waals surface area contributed by atoms with Crippen LogP contribution >= 0.6 is 0 Å². The minimum absolute atomic E-state index is 0.123. The first-order valence-electron chi connectivity index (χ1n) is 10.0. The van der Waals surface area contributed by atoms with Crippen LogP contribution in [0.5, 0.6) is 0 Å². The molecule has 0 amide bonds.